The van der Waals surface area contributed by atoms with E-state index in [2.05, 4.69) is 0 Å². The lowest BCUT2D eigenvalue weighted by Crippen LogP contribution is -2.27. The maximum Gasteiger partial charge on any atom is 0.270 e. The molecule has 0 fully saturated rings. The molecule has 0 radical (unpaired) electrons. The van der Waals surface area contributed by atoms with Gasteiger partial charge in [0, 0.05) is 36.0 Å². The molecular formula is C11H14N2O4S3. The maximum atomic E-state index is 12.2. The van der Waals surface area contributed by atoms with Crippen molar-refractivity contribution < 1.29 is 13.3 Å². The molecule has 0 aliphatic rings. The molecule has 1 aromatic rings. The van der Waals surface area contributed by atoms with Crippen LogP contribution in [-0.4, -0.2) is 35.7 Å². The number of rotatable bonds is 5. The van der Waals surface area contributed by atoms with Crippen molar-refractivity contribution in [2.45, 2.75) is 18.7 Å². The van der Waals surface area contributed by atoms with Gasteiger partial charge in [0.05, 0.1) is 9.82 Å². The fraction of sp³-hybridized carbons (Fsp3) is 0.364. The maximum absolute atomic E-state index is 12.2. The third-order valence-corrected chi connectivity index (χ3v) is 6.51. The van der Waals surface area contributed by atoms with Crippen LogP contribution < -0.4 is 0 Å². The Morgan fingerprint density at radius 2 is 2.00 bits per heavy atom. The van der Waals surface area contributed by atoms with Gasteiger partial charge in [-0.2, -0.15) is 0 Å². The predicted molar refractivity (Wildman–Crippen MR) is 83.4 cm³/mol. The molecule has 0 saturated heterocycles. The summed E-state index contributed by atoms with van der Waals surface area (Å²) >= 11 is 5.08. The molecule has 0 N–H and O–H groups in total. The van der Waals surface area contributed by atoms with E-state index in [4.69, 9.17) is 12.2 Å². The second-order valence-electron chi connectivity index (χ2n) is 3.73. The summed E-state index contributed by atoms with van der Waals surface area (Å²) in [5.74, 6) is 0. The van der Waals surface area contributed by atoms with Crippen LogP contribution in [0, 0.1) is 10.1 Å². The molecule has 0 atom stereocenters. The zero-order valence-corrected chi connectivity index (χ0v) is 13.4. The Bertz CT molecular complexity index is 612. The van der Waals surface area contributed by atoms with Crippen LogP contribution in [0.1, 0.15) is 13.8 Å². The van der Waals surface area contributed by atoms with E-state index >= 15 is 0 Å². The molecule has 6 nitrogen and oxygen atoms in total. The van der Waals surface area contributed by atoms with Crippen LogP contribution in [-0.2, 0) is 8.87 Å². The number of benzene rings is 1. The lowest BCUT2D eigenvalue weighted by Gasteiger charge is -2.20. The lowest BCUT2D eigenvalue weighted by atomic mass is 10.3. The predicted octanol–water partition coefficient (Wildman–Crippen LogP) is 2.64. The standard InChI is InChI=1S/C11H14N2O4S3/c1-3-12(4-2)11(18)19-20(16,17)10-7-5-6-9(8-10)13(14)15/h5-8H,3-4H2,1-2H3. The van der Waals surface area contributed by atoms with Gasteiger partial charge in [0.2, 0.25) is 8.87 Å². The molecule has 20 heavy (non-hydrogen) atoms. The fourth-order valence-electron chi connectivity index (χ4n) is 1.43. The van der Waals surface area contributed by atoms with Gasteiger partial charge in [0.25, 0.3) is 5.69 Å². The van der Waals surface area contributed by atoms with Crippen LogP contribution in [0.4, 0.5) is 5.69 Å². The number of thiocarbonyl (C=S) groups is 1. The quantitative estimate of drug-likeness (QED) is 0.354. The van der Waals surface area contributed by atoms with Crippen molar-refractivity contribution in [2.24, 2.45) is 0 Å². The zero-order chi connectivity index (χ0) is 15.3. The van der Waals surface area contributed by atoms with E-state index in [0.717, 1.165) is 6.07 Å². The molecule has 0 aromatic heterocycles. The summed E-state index contributed by atoms with van der Waals surface area (Å²) in [4.78, 5) is 11.7. The Hall–Kier alpha value is -1.19. The molecule has 0 amide bonds. The van der Waals surface area contributed by atoms with E-state index in [-0.39, 0.29) is 14.9 Å². The summed E-state index contributed by atoms with van der Waals surface area (Å²) in [6.45, 7) is 4.95. The lowest BCUT2D eigenvalue weighted by molar-refractivity contribution is -0.385. The van der Waals surface area contributed by atoms with Gasteiger partial charge in [0.15, 0.2) is 4.32 Å². The van der Waals surface area contributed by atoms with Gasteiger partial charge in [-0.1, -0.05) is 18.3 Å². The molecular weight excluding hydrogens is 320 g/mol. The summed E-state index contributed by atoms with van der Waals surface area (Å²) in [5, 5.41) is 10.7. The summed E-state index contributed by atoms with van der Waals surface area (Å²) in [6, 6.07) is 4.94. The van der Waals surface area contributed by atoms with Crippen LogP contribution in [0.5, 0.6) is 0 Å². The number of hydrogen-bond acceptors (Lipinski definition) is 6. The van der Waals surface area contributed by atoms with Gasteiger partial charge < -0.3 is 4.90 Å². The fourth-order valence-corrected chi connectivity index (χ4v) is 5.13. The Labute approximate surface area is 126 Å². The molecule has 1 aromatic carbocycles. The minimum atomic E-state index is -3.75. The summed E-state index contributed by atoms with van der Waals surface area (Å²) in [6.07, 6.45) is 0. The number of nitro groups is 1. The summed E-state index contributed by atoms with van der Waals surface area (Å²) in [7, 11) is -3.21. The minimum Gasteiger partial charge on any atom is -0.357 e. The zero-order valence-electron chi connectivity index (χ0n) is 11.0. The first-order valence-corrected chi connectivity index (χ1v) is 9.02. The topological polar surface area (TPSA) is 80.5 Å². The smallest absolute Gasteiger partial charge is 0.270 e. The van der Waals surface area contributed by atoms with E-state index in [1.54, 1.807) is 4.90 Å². The first kappa shape index (κ1) is 16.9. The SMILES string of the molecule is CCN(CC)C(=S)SS(=O)(=O)c1cccc([N+](=O)[O-])c1. The van der Waals surface area contributed by atoms with E-state index < -0.39 is 13.8 Å². The highest BCUT2D eigenvalue weighted by molar-refractivity contribution is 8.79. The third-order valence-electron chi connectivity index (χ3n) is 2.52. The van der Waals surface area contributed by atoms with E-state index in [1.807, 2.05) is 13.8 Å². The number of hydrogen-bond donors (Lipinski definition) is 0. The number of nitrogens with zero attached hydrogens (tertiary/aromatic N) is 2. The monoisotopic (exact) mass is 334 g/mol. The molecule has 0 bridgehead atoms. The molecule has 9 heteroatoms. The molecule has 0 aliphatic carbocycles. The van der Waals surface area contributed by atoms with Crippen molar-refractivity contribution in [3.8, 4) is 0 Å². The first-order valence-electron chi connectivity index (χ1n) is 5.79. The van der Waals surface area contributed by atoms with Gasteiger partial charge in [-0.05, 0) is 19.9 Å². The van der Waals surface area contributed by atoms with Crippen molar-refractivity contribution in [1.82, 2.24) is 4.90 Å². The molecule has 1 rings (SSSR count). The Morgan fingerprint density at radius 1 is 1.40 bits per heavy atom. The van der Waals surface area contributed by atoms with Crippen molar-refractivity contribution in [3.05, 3.63) is 34.4 Å². The Morgan fingerprint density at radius 3 is 2.50 bits per heavy atom. The van der Waals surface area contributed by atoms with Crippen molar-refractivity contribution in [1.29, 1.82) is 0 Å². The highest BCUT2D eigenvalue weighted by Gasteiger charge is 2.22. The molecule has 110 valence electrons. The van der Waals surface area contributed by atoms with Gasteiger partial charge in [-0.15, -0.1) is 0 Å². The largest absolute Gasteiger partial charge is 0.357 e. The number of non-ortho nitro benzene ring substituents is 1. The highest BCUT2D eigenvalue weighted by Crippen LogP contribution is 2.28. The second kappa shape index (κ2) is 7.00. The van der Waals surface area contributed by atoms with Crippen LogP contribution in [0.3, 0.4) is 0 Å². The summed E-state index contributed by atoms with van der Waals surface area (Å²) < 4.78 is 24.6. The van der Waals surface area contributed by atoms with E-state index in [9.17, 15) is 18.5 Å². The Balaban J connectivity index is 3.03. The molecule has 0 saturated carbocycles. The van der Waals surface area contributed by atoms with E-state index in [0.29, 0.717) is 23.9 Å². The van der Waals surface area contributed by atoms with Gasteiger partial charge in [-0.3, -0.25) is 10.1 Å². The Kier molecular flexibility index (Phi) is 5.90. The van der Waals surface area contributed by atoms with Crippen LogP contribution in [0.2, 0.25) is 0 Å². The van der Waals surface area contributed by atoms with Crippen LogP contribution in [0.15, 0.2) is 29.2 Å². The average Bonchev–Trinajstić information content (AvgIpc) is 2.39. The minimum absolute atomic E-state index is 0.119. The molecule has 0 aliphatic heterocycles. The van der Waals surface area contributed by atoms with Crippen molar-refractivity contribution in [3.63, 3.8) is 0 Å². The average molecular weight is 334 g/mol. The number of nitro benzene ring substituents is 1. The van der Waals surface area contributed by atoms with Crippen molar-refractivity contribution in [2.75, 3.05) is 13.1 Å². The molecule has 0 spiro atoms. The third kappa shape index (κ3) is 4.15. The van der Waals surface area contributed by atoms with Crippen LogP contribution >= 0.6 is 23.0 Å². The molecule has 0 heterocycles. The summed E-state index contributed by atoms with van der Waals surface area (Å²) in [5.41, 5.74) is -0.263. The van der Waals surface area contributed by atoms with Crippen molar-refractivity contribution >= 4 is 41.9 Å². The van der Waals surface area contributed by atoms with E-state index in [1.165, 1.54) is 18.2 Å². The van der Waals surface area contributed by atoms with Crippen LogP contribution in [0.25, 0.3) is 0 Å². The van der Waals surface area contributed by atoms with Gasteiger partial charge in [-0.25, -0.2) is 8.42 Å². The second-order valence-corrected chi connectivity index (χ2v) is 8.12. The molecule has 0 unspecified atom stereocenters. The van der Waals surface area contributed by atoms with Gasteiger partial charge in [0.1, 0.15) is 0 Å². The van der Waals surface area contributed by atoms with Gasteiger partial charge >= 0.3 is 0 Å². The normalized spacial score (nSPS) is 11.1. The highest BCUT2D eigenvalue weighted by atomic mass is 33.1. The first-order chi connectivity index (χ1) is 9.31.